The van der Waals surface area contributed by atoms with Crippen molar-refractivity contribution in [2.45, 2.75) is 108 Å². The Hall–Kier alpha value is -1.50. The first-order valence-electron chi connectivity index (χ1n) is 13.1. The van der Waals surface area contributed by atoms with Gasteiger partial charge in [-0.25, -0.2) is 0 Å². The fourth-order valence-electron chi connectivity index (χ4n) is 5.05. The number of unbranched alkanes of at least 4 members (excludes halogenated alkanes) is 1. The van der Waals surface area contributed by atoms with Crippen LogP contribution in [0, 0.1) is 5.92 Å². The Morgan fingerprint density at radius 2 is 1.91 bits per heavy atom. The maximum Gasteiger partial charge on any atom is 0.169 e. The van der Waals surface area contributed by atoms with Crippen LogP contribution in [0.5, 0.6) is 0 Å². The van der Waals surface area contributed by atoms with Gasteiger partial charge in [0.2, 0.25) is 0 Å². The molecule has 0 aromatic heterocycles. The van der Waals surface area contributed by atoms with Crippen LogP contribution < -0.4 is 0 Å². The molecule has 34 heavy (non-hydrogen) atoms. The zero-order valence-electron chi connectivity index (χ0n) is 20.8. The van der Waals surface area contributed by atoms with Crippen LogP contribution >= 0.6 is 0 Å². The predicted molar refractivity (Wildman–Crippen MR) is 135 cm³/mol. The van der Waals surface area contributed by atoms with Gasteiger partial charge in [0.15, 0.2) is 5.79 Å². The van der Waals surface area contributed by atoms with Gasteiger partial charge < -0.3 is 24.4 Å². The molecule has 2 aliphatic rings. The molecule has 2 aliphatic heterocycles. The van der Waals surface area contributed by atoms with Gasteiger partial charge >= 0.3 is 0 Å². The molecular formula is C29H44O5. The summed E-state index contributed by atoms with van der Waals surface area (Å²) in [4.78, 5) is 0. The SMILES string of the molecule is C=CCCC[C@H](O)C[C@@H]1CC[C@@]2(CC[C@@H](C)[C@H]([C@H](O)C/C=C\CCOCc3ccccc3)O2)O1. The maximum atomic E-state index is 10.9. The van der Waals surface area contributed by atoms with E-state index in [1.165, 1.54) is 5.56 Å². The molecule has 2 saturated heterocycles. The number of aliphatic hydroxyl groups excluding tert-OH is 2. The molecule has 0 aliphatic carbocycles. The summed E-state index contributed by atoms with van der Waals surface area (Å²) in [7, 11) is 0. The molecule has 0 saturated carbocycles. The van der Waals surface area contributed by atoms with E-state index in [0.717, 1.165) is 51.4 Å². The number of benzene rings is 1. The minimum atomic E-state index is -0.599. The molecule has 0 amide bonds. The third-order valence-electron chi connectivity index (χ3n) is 7.07. The van der Waals surface area contributed by atoms with Crippen molar-refractivity contribution in [2.75, 3.05) is 6.61 Å². The lowest BCUT2D eigenvalue weighted by molar-refractivity contribution is -0.296. The van der Waals surface area contributed by atoms with Crippen molar-refractivity contribution in [1.29, 1.82) is 0 Å². The number of rotatable bonds is 14. The monoisotopic (exact) mass is 472 g/mol. The van der Waals surface area contributed by atoms with Gasteiger partial charge in [0.1, 0.15) is 0 Å². The van der Waals surface area contributed by atoms with Gasteiger partial charge in [0.05, 0.1) is 37.6 Å². The molecule has 3 rings (SSSR count). The largest absolute Gasteiger partial charge is 0.393 e. The van der Waals surface area contributed by atoms with Crippen LogP contribution in [0.2, 0.25) is 0 Å². The summed E-state index contributed by atoms with van der Waals surface area (Å²) in [6, 6.07) is 10.2. The molecule has 0 bridgehead atoms. The van der Waals surface area contributed by atoms with Crippen LogP contribution in [0.1, 0.15) is 76.7 Å². The van der Waals surface area contributed by atoms with Crippen molar-refractivity contribution in [3.8, 4) is 0 Å². The number of hydrogen-bond acceptors (Lipinski definition) is 5. The molecule has 5 heteroatoms. The zero-order valence-corrected chi connectivity index (χ0v) is 20.8. The molecule has 2 N–H and O–H groups in total. The van der Waals surface area contributed by atoms with Gasteiger partial charge in [-0.15, -0.1) is 6.58 Å². The number of aliphatic hydroxyl groups is 2. The molecule has 5 nitrogen and oxygen atoms in total. The van der Waals surface area contributed by atoms with Crippen LogP contribution in [-0.4, -0.2) is 47.0 Å². The topological polar surface area (TPSA) is 68.2 Å². The highest BCUT2D eigenvalue weighted by atomic mass is 16.7. The minimum absolute atomic E-state index is 0.0284. The maximum absolute atomic E-state index is 10.9. The Morgan fingerprint density at radius 3 is 2.71 bits per heavy atom. The van der Waals surface area contributed by atoms with Crippen molar-refractivity contribution in [2.24, 2.45) is 5.92 Å². The van der Waals surface area contributed by atoms with Gasteiger partial charge in [0, 0.05) is 12.8 Å². The fraction of sp³-hybridized carbons (Fsp3) is 0.655. The lowest BCUT2D eigenvalue weighted by Gasteiger charge is -2.43. The Labute approximate surface area is 205 Å². The highest BCUT2D eigenvalue weighted by molar-refractivity contribution is 5.13. The van der Waals surface area contributed by atoms with Crippen molar-refractivity contribution in [1.82, 2.24) is 0 Å². The van der Waals surface area contributed by atoms with E-state index in [2.05, 4.69) is 31.7 Å². The Bertz CT molecular complexity index is 735. The first-order valence-corrected chi connectivity index (χ1v) is 13.1. The molecule has 1 spiro atoms. The molecular weight excluding hydrogens is 428 g/mol. The van der Waals surface area contributed by atoms with E-state index >= 15 is 0 Å². The first kappa shape index (κ1) is 27.1. The summed E-state index contributed by atoms with van der Waals surface area (Å²) >= 11 is 0. The third-order valence-corrected chi connectivity index (χ3v) is 7.07. The lowest BCUT2D eigenvalue weighted by Crippen LogP contribution is -2.49. The van der Waals surface area contributed by atoms with Crippen LogP contribution in [-0.2, 0) is 20.8 Å². The molecule has 6 atom stereocenters. The average Bonchev–Trinajstić information content (AvgIpc) is 3.22. The molecule has 1 aromatic carbocycles. The van der Waals surface area contributed by atoms with E-state index in [1.807, 2.05) is 30.4 Å². The fourth-order valence-corrected chi connectivity index (χ4v) is 5.05. The van der Waals surface area contributed by atoms with Gasteiger partial charge in [0.25, 0.3) is 0 Å². The van der Waals surface area contributed by atoms with Crippen molar-refractivity contribution >= 4 is 0 Å². The molecule has 0 radical (unpaired) electrons. The van der Waals surface area contributed by atoms with Crippen LogP contribution in [0.3, 0.4) is 0 Å². The number of hydrogen-bond donors (Lipinski definition) is 2. The Morgan fingerprint density at radius 1 is 1.12 bits per heavy atom. The van der Waals surface area contributed by atoms with Gasteiger partial charge in [-0.2, -0.15) is 0 Å². The molecule has 2 fully saturated rings. The summed E-state index contributed by atoms with van der Waals surface area (Å²) in [5, 5.41) is 21.2. The molecule has 2 heterocycles. The van der Waals surface area contributed by atoms with E-state index in [-0.39, 0.29) is 24.2 Å². The van der Waals surface area contributed by atoms with E-state index < -0.39 is 11.9 Å². The standard InChI is InChI=1S/C29H44O5/c1-3-4-7-14-25(30)21-26-17-19-29(33-26)18-16-23(2)28(34-29)27(31)15-10-6-11-20-32-22-24-12-8-5-9-13-24/h3,5-6,8-10,12-13,23,25-28,30-31H,1,4,7,11,14-22H2,2H3/b10-6-/t23-,25+,26+,27-,28-,29+/m1/s1. The van der Waals surface area contributed by atoms with Crippen molar-refractivity contribution < 1.29 is 24.4 Å². The van der Waals surface area contributed by atoms with Crippen LogP contribution in [0.25, 0.3) is 0 Å². The highest BCUT2D eigenvalue weighted by Gasteiger charge is 2.48. The van der Waals surface area contributed by atoms with Gasteiger partial charge in [-0.05, 0) is 62.8 Å². The lowest BCUT2D eigenvalue weighted by atomic mass is 9.87. The molecule has 190 valence electrons. The van der Waals surface area contributed by atoms with E-state index in [0.29, 0.717) is 26.1 Å². The zero-order chi connectivity index (χ0) is 24.2. The summed E-state index contributed by atoms with van der Waals surface area (Å²) in [5.74, 6) is -0.311. The summed E-state index contributed by atoms with van der Waals surface area (Å²) in [6.07, 6.45) is 13.2. The normalized spacial score (nSPS) is 29.0. The van der Waals surface area contributed by atoms with Crippen LogP contribution in [0.4, 0.5) is 0 Å². The second kappa shape index (κ2) is 14.2. The third kappa shape index (κ3) is 8.62. The predicted octanol–water partition coefficient (Wildman–Crippen LogP) is 5.70. The smallest absolute Gasteiger partial charge is 0.169 e. The van der Waals surface area contributed by atoms with Crippen LogP contribution in [0.15, 0.2) is 55.1 Å². The first-order chi connectivity index (χ1) is 16.5. The van der Waals surface area contributed by atoms with E-state index in [1.54, 1.807) is 0 Å². The van der Waals surface area contributed by atoms with E-state index in [9.17, 15) is 10.2 Å². The highest BCUT2D eigenvalue weighted by Crippen LogP contribution is 2.44. The minimum Gasteiger partial charge on any atom is -0.393 e. The molecule has 1 aromatic rings. The Balaban J connectivity index is 1.37. The van der Waals surface area contributed by atoms with E-state index in [4.69, 9.17) is 14.2 Å². The second-order valence-electron chi connectivity index (χ2n) is 10.00. The molecule has 0 unspecified atom stereocenters. The van der Waals surface area contributed by atoms with Gasteiger partial charge in [-0.3, -0.25) is 0 Å². The summed E-state index contributed by atoms with van der Waals surface area (Å²) in [6.45, 7) is 7.18. The quantitative estimate of drug-likeness (QED) is 0.269. The van der Waals surface area contributed by atoms with Crippen molar-refractivity contribution in [3.63, 3.8) is 0 Å². The van der Waals surface area contributed by atoms with Gasteiger partial charge in [-0.1, -0.05) is 55.5 Å². The number of ether oxygens (including phenoxy) is 3. The second-order valence-corrected chi connectivity index (χ2v) is 10.00. The number of allylic oxidation sites excluding steroid dienone is 1. The Kier molecular flexibility index (Phi) is 11.3. The van der Waals surface area contributed by atoms with Crippen molar-refractivity contribution in [3.05, 3.63) is 60.7 Å². The average molecular weight is 473 g/mol. The summed E-state index contributed by atoms with van der Waals surface area (Å²) in [5.41, 5.74) is 1.18. The summed E-state index contributed by atoms with van der Waals surface area (Å²) < 4.78 is 18.5.